The predicted octanol–water partition coefficient (Wildman–Crippen LogP) is 2.94. The average molecular weight is 284 g/mol. The topological polar surface area (TPSA) is 67.3 Å². The van der Waals surface area contributed by atoms with Crippen LogP contribution in [0.1, 0.15) is 6.42 Å². The quantitative estimate of drug-likeness (QED) is 0.659. The molecule has 0 fully saturated rings. The number of aromatic nitrogens is 2. The number of nitrogens with zero attached hydrogens (tertiary/aromatic N) is 2. The number of nitrogens with one attached hydrogen (secondary N) is 1. The van der Waals surface area contributed by atoms with Gasteiger partial charge in [-0.05, 0) is 23.8 Å². The van der Waals surface area contributed by atoms with E-state index in [1.165, 1.54) is 7.11 Å². The summed E-state index contributed by atoms with van der Waals surface area (Å²) < 4.78 is 18.5. The number of rotatable bonds is 3. The number of hydrogen-bond donors (Lipinski definition) is 2. The molecule has 0 saturated heterocycles. The smallest absolute Gasteiger partial charge is 0.224 e. The van der Waals surface area contributed by atoms with E-state index in [9.17, 15) is 4.39 Å². The molecule has 0 radical (unpaired) electrons. The number of anilines is 1. The van der Waals surface area contributed by atoms with Gasteiger partial charge in [-0.1, -0.05) is 0 Å². The summed E-state index contributed by atoms with van der Waals surface area (Å²) in [6.07, 6.45) is 5.67. The number of aliphatic hydroxyl groups is 1. The lowest BCUT2D eigenvalue weighted by Crippen LogP contribution is -2.09. The van der Waals surface area contributed by atoms with Gasteiger partial charge in [0.05, 0.1) is 19.6 Å². The third-order valence-corrected chi connectivity index (χ3v) is 2.68. The van der Waals surface area contributed by atoms with E-state index >= 15 is 0 Å². The van der Waals surface area contributed by atoms with Crippen molar-refractivity contribution in [3.8, 4) is 0 Å². The summed E-state index contributed by atoms with van der Waals surface area (Å²) in [4.78, 5) is 7.28. The van der Waals surface area contributed by atoms with Crippen LogP contribution in [0.15, 0.2) is 41.6 Å². The fourth-order valence-electron chi connectivity index (χ4n) is 1.61. The van der Waals surface area contributed by atoms with E-state index in [1.54, 1.807) is 12.2 Å². The Hall–Kier alpha value is -2.08. The Balaban J connectivity index is 2.23. The highest BCUT2D eigenvalue weighted by Gasteiger charge is 2.15. The van der Waals surface area contributed by atoms with Gasteiger partial charge in [0.2, 0.25) is 5.28 Å². The minimum absolute atomic E-state index is 0.0159. The van der Waals surface area contributed by atoms with E-state index in [0.29, 0.717) is 23.5 Å². The van der Waals surface area contributed by atoms with Crippen LogP contribution in [-0.4, -0.2) is 22.2 Å². The standard InChI is InChI=1S/C12H11ClFN3O2/c1-19-10-3-2-8(4-7(10)6-18)16-11-9(14)5-15-12(13)17-11/h2-3,5-6,18H,4H2,1H3,(H,15,16,17). The lowest BCUT2D eigenvalue weighted by molar-refractivity contribution is 0.294. The van der Waals surface area contributed by atoms with Crippen molar-refractivity contribution in [1.82, 2.24) is 9.97 Å². The fraction of sp³-hybridized carbons (Fsp3) is 0.167. The molecule has 0 atom stereocenters. The van der Waals surface area contributed by atoms with Gasteiger partial charge in [-0.15, -0.1) is 0 Å². The molecule has 0 unspecified atom stereocenters. The Morgan fingerprint density at radius 1 is 1.53 bits per heavy atom. The van der Waals surface area contributed by atoms with Gasteiger partial charge in [0.25, 0.3) is 0 Å². The van der Waals surface area contributed by atoms with Gasteiger partial charge in [0.1, 0.15) is 5.76 Å². The monoisotopic (exact) mass is 283 g/mol. The summed E-state index contributed by atoms with van der Waals surface area (Å²) >= 11 is 5.60. The fourth-order valence-corrected chi connectivity index (χ4v) is 1.75. The van der Waals surface area contributed by atoms with E-state index in [4.69, 9.17) is 21.4 Å². The normalized spacial score (nSPS) is 16.9. The molecular weight excluding hydrogens is 273 g/mol. The summed E-state index contributed by atoms with van der Waals surface area (Å²) in [5, 5.41) is 11.9. The highest BCUT2D eigenvalue weighted by molar-refractivity contribution is 6.28. The lowest BCUT2D eigenvalue weighted by Gasteiger charge is -2.17. The van der Waals surface area contributed by atoms with Crippen LogP contribution in [0.5, 0.6) is 0 Å². The molecule has 1 aliphatic carbocycles. The van der Waals surface area contributed by atoms with E-state index in [2.05, 4.69) is 15.3 Å². The van der Waals surface area contributed by atoms with Crippen molar-refractivity contribution >= 4 is 17.4 Å². The van der Waals surface area contributed by atoms with Gasteiger partial charge in [0.15, 0.2) is 11.6 Å². The molecule has 2 rings (SSSR count). The Morgan fingerprint density at radius 3 is 3.00 bits per heavy atom. The van der Waals surface area contributed by atoms with E-state index in [0.717, 1.165) is 12.5 Å². The van der Waals surface area contributed by atoms with Crippen molar-refractivity contribution in [3.05, 3.63) is 52.7 Å². The van der Waals surface area contributed by atoms with Crippen molar-refractivity contribution in [2.45, 2.75) is 6.42 Å². The molecule has 0 aliphatic heterocycles. The summed E-state index contributed by atoms with van der Waals surface area (Å²) in [7, 11) is 1.51. The molecule has 1 aromatic heterocycles. The minimum atomic E-state index is -0.610. The molecule has 19 heavy (non-hydrogen) atoms. The first kappa shape index (κ1) is 13.4. The van der Waals surface area contributed by atoms with Crippen LogP contribution in [-0.2, 0) is 4.74 Å². The number of hydrogen-bond acceptors (Lipinski definition) is 5. The first-order chi connectivity index (χ1) is 9.13. The molecule has 5 nitrogen and oxygen atoms in total. The second-order valence-corrected chi connectivity index (χ2v) is 4.06. The van der Waals surface area contributed by atoms with Crippen LogP contribution in [0.3, 0.4) is 0 Å². The minimum Gasteiger partial charge on any atom is -0.515 e. The second-order valence-electron chi connectivity index (χ2n) is 3.72. The maximum absolute atomic E-state index is 13.5. The maximum atomic E-state index is 13.5. The Morgan fingerprint density at radius 2 is 2.32 bits per heavy atom. The van der Waals surface area contributed by atoms with Gasteiger partial charge < -0.3 is 15.2 Å². The third-order valence-electron chi connectivity index (χ3n) is 2.50. The highest BCUT2D eigenvalue weighted by atomic mass is 35.5. The molecule has 2 N–H and O–H groups in total. The van der Waals surface area contributed by atoms with Crippen LogP contribution in [0.4, 0.5) is 10.2 Å². The number of ether oxygens (including phenoxy) is 1. The zero-order chi connectivity index (χ0) is 13.8. The van der Waals surface area contributed by atoms with Crippen LogP contribution < -0.4 is 5.32 Å². The molecular formula is C12H11ClFN3O2. The van der Waals surface area contributed by atoms with Crippen molar-refractivity contribution < 1.29 is 14.2 Å². The zero-order valence-corrected chi connectivity index (χ0v) is 10.8. The van der Waals surface area contributed by atoms with Gasteiger partial charge in [-0.25, -0.2) is 9.37 Å². The Labute approximate surface area is 114 Å². The molecule has 7 heteroatoms. The van der Waals surface area contributed by atoms with E-state index in [-0.39, 0.29) is 11.1 Å². The summed E-state index contributed by atoms with van der Waals surface area (Å²) in [5.74, 6) is -0.0756. The van der Waals surface area contributed by atoms with Crippen LogP contribution in [0.2, 0.25) is 5.28 Å². The largest absolute Gasteiger partial charge is 0.515 e. The molecule has 0 aromatic carbocycles. The number of halogens is 2. The molecule has 0 bridgehead atoms. The number of allylic oxidation sites excluding steroid dienone is 4. The molecule has 100 valence electrons. The van der Waals surface area contributed by atoms with Gasteiger partial charge in [-0.2, -0.15) is 4.98 Å². The van der Waals surface area contributed by atoms with Crippen molar-refractivity contribution in [2.75, 3.05) is 12.4 Å². The van der Waals surface area contributed by atoms with E-state index < -0.39 is 5.82 Å². The van der Waals surface area contributed by atoms with Crippen molar-refractivity contribution in [2.24, 2.45) is 0 Å². The van der Waals surface area contributed by atoms with Crippen LogP contribution >= 0.6 is 11.6 Å². The van der Waals surface area contributed by atoms with Crippen LogP contribution in [0.25, 0.3) is 0 Å². The molecule has 1 aliphatic rings. The Bertz CT molecular complexity index is 584. The van der Waals surface area contributed by atoms with Crippen molar-refractivity contribution in [3.63, 3.8) is 0 Å². The first-order valence-electron chi connectivity index (χ1n) is 5.37. The van der Waals surface area contributed by atoms with E-state index in [1.807, 2.05) is 0 Å². The number of aliphatic hydroxyl groups excluding tert-OH is 1. The molecule has 0 amide bonds. The van der Waals surface area contributed by atoms with Gasteiger partial charge in [-0.3, -0.25) is 0 Å². The molecule has 0 saturated carbocycles. The van der Waals surface area contributed by atoms with Gasteiger partial charge >= 0.3 is 0 Å². The highest BCUT2D eigenvalue weighted by Crippen LogP contribution is 2.26. The first-order valence-corrected chi connectivity index (χ1v) is 5.75. The molecule has 0 spiro atoms. The Kier molecular flexibility index (Phi) is 4.01. The van der Waals surface area contributed by atoms with Gasteiger partial charge in [0, 0.05) is 17.7 Å². The molecule has 1 aromatic rings. The summed E-state index contributed by atoms with van der Waals surface area (Å²) in [6.45, 7) is 0. The second kappa shape index (κ2) is 5.71. The summed E-state index contributed by atoms with van der Waals surface area (Å²) in [6, 6.07) is 0. The zero-order valence-electron chi connectivity index (χ0n) is 10.0. The third kappa shape index (κ3) is 3.03. The average Bonchev–Trinajstić information content (AvgIpc) is 2.42. The molecule has 1 heterocycles. The maximum Gasteiger partial charge on any atom is 0.224 e. The lowest BCUT2D eigenvalue weighted by atomic mass is 10.0. The van der Waals surface area contributed by atoms with Crippen LogP contribution in [0, 0.1) is 5.82 Å². The summed E-state index contributed by atoms with van der Waals surface area (Å²) in [5.41, 5.74) is 1.22. The SMILES string of the molecule is COC1=CC=C(Nc2nc(Cl)ncc2F)CC1=CO. The predicted molar refractivity (Wildman–Crippen MR) is 69.1 cm³/mol. The van der Waals surface area contributed by atoms with Crippen molar-refractivity contribution in [1.29, 1.82) is 0 Å². The number of methoxy groups -OCH3 is 1.